The van der Waals surface area contributed by atoms with Crippen LogP contribution in [0.2, 0.25) is 0 Å². The molecule has 1 nitrogen and oxygen atoms in total. The highest BCUT2D eigenvalue weighted by molar-refractivity contribution is 5.15. The fourth-order valence-corrected chi connectivity index (χ4v) is 5.56. The minimum atomic E-state index is -0.390. The number of rotatable bonds is 0. The fraction of sp³-hybridized carbons (Fsp3) is 1.00. The van der Waals surface area contributed by atoms with Crippen LogP contribution in [0.25, 0.3) is 0 Å². The van der Waals surface area contributed by atoms with Gasteiger partial charge in [0.1, 0.15) is 0 Å². The summed E-state index contributed by atoms with van der Waals surface area (Å²) >= 11 is 0. The van der Waals surface area contributed by atoms with Crippen LogP contribution in [0.4, 0.5) is 0 Å². The summed E-state index contributed by atoms with van der Waals surface area (Å²) in [6.07, 6.45) is 7.91. The third-order valence-corrected chi connectivity index (χ3v) is 6.19. The summed E-state index contributed by atoms with van der Waals surface area (Å²) in [5.74, 6) is 1.44. The molecule has 0 aromatic rings. The topological polar surface area (TPSA) is 20.2 Å². The SMILES string of the molecule is CC1(C)C2CCCC23CC[C@@](C)(O)C1C3. The molecule has 0 aromatic carbocycles. The van der Waals surface area contributed by atoms with Crippen LogP contribution in [0.3, 0.4) is 0 Å². The highest BCUT2D eigenvalue weighted by Crippen LogP contribution is 2.71. The molecule has 0 saturated heterocycles. The molecule has 3 unspecified atom stereocenters. The summed E-state index contributed by atoms with van der Waals surface area (Å²) in [4.78, 5) is 0. The molecule has 0 aromatic heterocycles. The number of hydrogen-bond acceptors (Lipinski definition) is 1. The second kappa shape index (κ2) is 2.61. The molecule has 3 aliphatic rings. The maximum Gasteiger partial charge on any atom is 0.0653 e. The maximum absolute atomic E-state index is 10.5. The number of hydrogen-bond donors (Lipinski definition) is 1. The van der Waals surface area contributed by atoms with Gasteiger partial charge in [-0.3, -0.25) is 0 Å². The third kappa shape index (κ3) is 1.08. The summed E-state index contributed by atoms with van der Waals surface area (Å²) in [6, 6.07) is 0. The Morgan fingerprint density at radius 2 is 1.73 bits per heavy atom. The Bertz CT molecular complexity index is 292. The molecule has 3 rings (SSSR count). The van der Waals surface area contributed by atoms with Crippen molar-refractivity contribution in [1.29, 1.82) is 0 Å². The van der Waals surface area contributed by atoms with Crippen LogP contribution < -0.4 is 0 Å². The maximum atomic E-state index is 10.5. The second-order valence-electron chi connectivity index (χ2n) is 7.24. The van der Waals surface area contributed by atoms with E-state index in [-0.39, 0.29) is 5.60 Å². The zero-order valence-corrected chi connectivity index (χ0v) is 10.3. The van der Waals surface area contributed by atoms with Crippen LogP contribution in [-0.2, 0) is 0 Å². The Morgan fingerprint density at radius 3 is 2.47 bits per heavy atom. The van der Waals surface area contributed by atoms with E-state index in [4.69, 9.17) is 0 Å². The molecule has 0 aliphatic heterocycles. The lowest BCUT2D eigenvalue weighted by atomic mass is 9.66. The first-order valence-electron chi connectivity index (χ1n) is 6.61. The summed E-state index contributed by atoms with van der Waals surface area (Å²) in [6.45, 7) is 6.90. The lowest BCUT2D eigenvalue weighted by Crippen LogP contribution is -2.43. The van der Waals surface area contributed by atoms with Crippen molar-refractivity contribution in [2.24, 2.45) is 22.7 Å². The minimum absolute atomic E-state index is 0.372. The van der Waals surface area contributed by atoms with E-state index in [0.29, 0.717) is 16.7 Å². The zero-order chi connectivity index (χ0) is 10.9. The molecule has 3 aliphatic carbocycles. The summed E-state index contributed by atoms with van der Waals surface area (Å²) < 4.78 is 0. The average Bonchev–Trinajstić information content (AvgIpc) is 2.60. The molecule has 3 saturated carbocycles. The van der Waals surface area contributed by atoms with E-state index >= 15 is 0 Å². The van der Waals surface area contributed by atoms with Gasteiger partial charge >= 0.3 is 0 Å². The summed E-state index contributed by atoms with van der Waals surface area (Å²) in [5.41, 5.74) is 0.617. The van der Waals surface area contributed by atoms with Gasteiger partial charge in [0.2, 0.25) is 0 Å². The van der Waals surface area contributed by atoms with Gasteiger partial charge < -0.3 is 5.11 Å². The van der Waals surface area contributed by atoms with Gasteiger partial charge in [0.05, 0.1) is 5.60 Å². The average molecular weight is 208 g/mol. The van der Waals surface area contributed by atoms with Gasteiger partial charge in [-0.1, -0.05) is 20.3 Å². The van der Waals surface area contributed by atoms with Crippen molar-refractivity contribution in [2.45, 2.75) is 64.9 Å². The van der Waals surface area contributed by atoms with Crippen molar-refractivity contribution in [3.63, 3.8) is 0 Å². The van der Waals surface area contributed by atoms with Crippen molar-refractivity contribution in [3.8, 4) is 0 Å². The quantitative estimate of drug-likeness (QED) is 0.647. The smallest absolute Gasteiger partial charge is 0.0653 e. The first-order chi connectivity index (χ1) is 6.89. The lowest BCUT2D eigenvalue weighted by Gasteiger charge is -2.42. The highest BCUT2D eigenvalue weighted by atomic mass is 16.3. The Kier molecular flexibility index (Phi) is 1.77. The van der Waals surface area contributed by atoms with Gasteiger partial charge in [-0.25, -0.2) is 0 Å². The second-order valence-corrected chi connectivity index (χ2v) is 7.24. The summed E-state index contributed by atoms with van der Waals surface area (Å²) in [5, 5.41) is 10.5. The van der Waals surface area contributed by atoms with Crippen LogP contribution in [-0.4, -0.2) is 10.7 Å². The Labute approximate surface area is 93.3 Å². The predicted octanol–water partition coefficient (Wildman–Crippen LogP) is 3.36. The van der Waals surface area contributed by atoms with E-state index in [0.717, 1.165) is 12.3 Å². The molecular weight excluding hydrogens is 184 g/mol. The lowest BCUT2D eigenvalue weighted by molar-refractivity contribution is -0.0672. The van der Waals surface area contributed by atoms with Crippen molar-refractivity contribution < 1.29 is 5.11 Å². The van der Waals surface area contributed by atoms with E-state index < -0.39 is 0 Å². The highest BCUT2D eigenvalue weighted by Gasteiger charge is 2.65. The van der Waals surface area contributed by atoms with Crippen LogP contribution in [0, 0.1) is 22.7 Å². The molecular formula is C14H24O. The molecule has 1 spiro atoms. The molecule has 4 atom stereocenters. The van der Waals surface area contributed by atoms with Crippen LogP contribution in [0.15, 0.2) is 0 Å². The van der Waals surface area contributed by atoms with Crippen LogP contribution in [0.1, 0.15) is 59.3 Å². The standard InChI is InChI=1S/C14H24O/c1-12(2)10-5-4-6-14(10)8-7-13(3,15)11(12)9-14/h10-11,15H,4-9H2,1-3H3/t10?,11?,13-,14?/m1/s1. The zero-order valence-electron chi connectivity index (χ0n) is 10.3. The summed E-state index contributed by atoms with van der Waals surface area (Å²) in [7, 11) is 0. The van der Waals surface area contributed by atoms with Crippen molar-refractivity contribution in [2.75, 3.05) is 0 Å². The van der Waals surface area contributed by atoms with Crippen LogP contribution >= 0.6 is 0 Å². The van der Waals surface area contributed by atoms with Gasteiger partial charge in [0.25, 0.3) is 0 Å². The van der Waals surface area contributed by atoms with Crippen LogP contribution in [0.5, 0.6) is 0 Å². The molecule has 0 amide bonds. The van der Waals surface area contributed by atoms with E-state index in [1.165, 1.54) is 32.1 Å². The monoisotopic (exact) mass is 208 g/mol. The first-order valence-corrected chi connectivity index (χ1v) is 6.61. The Morgan fingerprint density at radius 1 is 1.00 bits per heavy atom. The van der Waals surface area contributed by atoms with E-state index in [1.54, 1.807) is 0 Å². The molecule has 0 heterocycles. The van der Waals surface area contributed by atoms with E-state index in [2.05, 4.69) is 20.8 Å². The van der Waals surface area contributed by atoms with Gasteiger partial charge in [-0.15, -0.1) is 0 Å². The largest absolute Gasteiger partial charge is 0.390 e. The Hall–Kier alpha value is -0.0400. The Balaban J connectivity index is 2.05. The normalized spacial score (nSPS) is 56.8. The van der Waals surface area contributed by atoms with Crippen molar-refractivity contribution in [3.05, 3.63) is 0 Å². The minimum Gasteiger partial charge on any atom is -0.390 e. The van der Waals surface area contributed by atoms with Gasteiger partial charge in [-0.05, 0) is 61.7 Å². The molecule has 2 bridgehead atoms. The van der Waals surface area contributed by atoms with Gasteiger partial charge in [0, 0.05) is 0 Å². The van der Waals surface area contributed by atoms with E-state index in [9.17, 15) is 5.11 Å². The fourth-order valence-electron chi connectivity index (χ4n) is 5.56. The molecule has 86 valence electrons. The van der Waals surface area contributed by atoms with Gasteiger partial charge in [-0.2, -0.15) is 0 Å². The van der Waals surface area contributed by atoms with Crippen molar-refractivity contribution in [1.82, 2.24) is 0 Å². The first kappa shape index (κ1) is 10.1. The van der Waals surface area contributed by atoms with Crippen molar-refractivity contribution >= 4 is 0 Å². The number of aliphatic hydroxyl groups is 1. The predicted molar refractivity (Wildman–Crippen MR) is 61.5 cm³/mol. The molecule has 15 heavy (non-hydrogen) atoms. The molecule has 3 fully saturated rings. The molecule has 1 N–H and O–H groups in total. The third-order valence-electron chi connectivity index (χ3n) is 6.19. The number of fused-ring (bicyclic) bond motifs is 1. The van der Waals surface area contributed by atoms with Gasteiger partial charge in [0.15, 0.2) is 0 Å². The van der Waals surface area contributed by atoms with E-state index in [1.807, 2.05) is 0 Å². The molecule has 0 radical (unpaired) electrons. The molecule has 1 heteroatoms.